The minimum atomic E-state index is -3.61. The first kappa shape index (κ1) is 20.2. The number of piperidine rings is 1. The zero-order valence-electron chi connectivity index (χ0n) is 16.3. The van der Waals surface area contributed by atoms with Crippen molar-refractivity contribution in [2.75, 3.05) is 20.2 Å². The summed E-state index contributed by atoms with van der Waals surface area (Å²) in [6, 6.07) is 9.77. The number of aryl methyl sites for hydroxylation is 1. The quantitative estimate of drug-likeness (QED) is 0.732. The molecule has 2 aromatic rings. The number of carbonyl (C=O) groups is 1. The van der Waals surface area contributed by atoms with Crippen LogP contribution in [0, 0.1) is 6.92 Å². The fourth-order valence-electron chi connectivity index (χ4n) is 4.02. The number of Topliss-reactive ketones (excluding diaryl/α,β-unsaturated/α-hetero) is 1. The Hall–Kier alpha value is -2.09. The molecule has 0 bridgehead atoms. The third-order valence-corrected chi connectivity index (χ3v) is 7.80. The molecule has 0 aliphatic carbocycles. The predicted molar refractivity (Wildman–Crippen MR) is 109 cm³/mol. The van der Waals surface area contributed by atoms with Gasteiger partial charge in [-0.15, -0.1) is 0 Å². The normalized spacial score (nSPS) is 18.9. The fraction of sp³-hybridized carbons (Fsp3) is 0.381. The molecule has 2 heterocycles. The van der Waals surface area contributed by atoms with Gasteiger partial charge in [-0.3, -0.25) is 4.79 Å². The number of ketones is 1. The molecule has 4 rings (SSSR count). The van der Waals surface area contributed by atoms with Gasteiger partial charge in [-0.25, -0.2) is 8.42 Å². The van der Waals surface area contributed by atoms with Crippen LogP contribution >= 0.6 is 11.6 Å². The Balaban J connectivity index is 1.54. The lowest BCUT2D eigenvalue weighted by molar-refractivity contribution is 0.00536. The zero-order chi connectivity index (χ0) is 20.8. The second-order valence-corrected chi connectivity index (χ2v) is 9.94. The number of nitrogens with zero attached hydrogens (tertiary/aromatic N) is 1. The standard InChI is InChI=1S/C21H22ClNO5S/c1-14-11-15(22)12-18-19(24)13-21(28-20(14)18)7-9-23(10-8-21)29(25,26)17-5-3-16(27-2)4-6-17/h3-6,11-12H,7-10,13H2,1-2H3. The molecule has 8 heteroatoms. The Bertz CT molecular complexity index is 1060. The van der Waals surface area contributed by atoms with Crippen LogP contribution < -0.4 is 9.47 Å². The van der Waals surface area contributed by atoms with Crippen molar-refractivity contribution >= 4 is 27.4 Å². The molecule has 0 aromatic heterocycles. The van der Waals surface area contributed by atoms with Gasteiger partial charge in [-0.1, -0.05) is 11.6 Å². The summed E-state index contributed by atoms with van der Waals surface area (Å²) >= 11 is 6.08. The van der Waals surface area contributed by atoms with Crippen LogP contribution in [-0.2, 0) is 10.0 Å². The third kappa shape index (κ3) is 3.63. The van der Waals surface area contributed by atoms with Gasteiger partial charge in [0.05, 0.1) is 24.0 Å². The van der Waals surface area contributed by atoms with E-state index < -0.39 is 15.6 Å². The summed E-state index contributed by atoms with van der Waals surface area (Å²) in [4.78, 5) is 13.0. The highest BCUT2D eigenvalue weighted by Crippen LogP contribution is 2.42. The summed E-state index contributed by atoms with van der Waals surface area (Å²) in [6.45, 7) is 2.45. The van der Waals surface area contributed by atoms with Crippen LogP contribution in [0.1, 0.15) is 35.2 Å². The van der Waals surface area contributed by atoms with Gasteiger partial charge in [0, 0.05) is 31.0 Å². The summed E-state index contributed by atoms with van der Waals surface area (Å²) in [7, 11) is -2.08. The molecule has 0 atom stereocenters. The Morgan fingerprint density at radius 1 is 1.14 bits per heavy atom. The number of halogens is 1. The van der Waals surface area contributed by atoms with E-state index in [0.29, 0.717) is 48.0 Å². The van der Waals surface area contributed by atoms with E-state index in [1.54, 1.807) is 36.4 Å². The van der Waals surface area contributed by atoms with Crippen LogP contribution in [-0.4, -0.2) is 44.3 Å². The summed E-state index contributed by atoms with van der Waals surface area (Å²) < 4.78 is 38.8. The Morgan fingerprint density at radius 3 is 2.41 bits per heavy atom. The molecule has 154 valence electrons. The highest BCUT2D eigenvalue weighted by Gasteiger charge is 2.45. The predicted octanol–water partition coefficient (Wildman–Crippen LogP) is 3.85. The van der Waals surface area contributed by atoms with E-state index in [4.69, 9.17) is 21.1 Å². The van der Waals surface area contributed by atoms with Gasteiger partial charge in [-0.2, -0.15) is 4.31 Å². The van der Waals surface area contributed by atoms with Crippen molar-refractivity contribution in [1.82, 2.24) is 4.31 Å². The molecule has 0 radical (unpaired) electrons. The van der Waals surface area contributed by atoms with Gasteiger partial charge < -0.3 is 9.47 Å². The number of sulfonamides is 1. The van der Waals surface area contributed by atoms with E-state index in [9.17, 15) is 13.2 Å². The zero-order valence-corrected chi connectivity index (χ0v) is 17.8. The Morgan fingerprint density at radius 2 is 1.79 bits per heavy atom. The number of rotatable bonds is 3. The van der Waals surface area contributed by atoms with Crippen molar-refractivity contribution in [3.05, 3.63) is 52.5 Å². The highest BCUT2D eigenvalue weighted by molar-refractivity contribution is 7.89. The number of carbonyl (C=O) groups excluding carboxylic acids is 1. The van der Waals surface area contributed by atoms with Crippen LogP contribution in [0.15, 0.2) is 41.3 Å². The molecule has 1 spiro atoms. The maximum atomic E-state index is 13.0. The number of hydrogen-bond donors (Lipinski definition) is 0. The van der Waals surface area contributed by atoms with E-state index in [2.05, 4.69) is 0 Å². The molecule has 0 saturated carbocycles. The average Bonchev–Trinajstić information content (AvgIpc) is 2.69. The molecule has 2 aliphatic heterocycles. The minimum absolute atomic E-state index is 0.0108. The molecule has 1 saturated heterocycles. The van der Waals surface area contributed by atoms with Crippen molar-refractivity contribution in [1.29, 1.82) is 0 Å². The average molecular weight is 436 g/mol. The van der Waals surface area contributed by atoms with Crippen molar-refractivity contribution in [3.63, 3.8) is 0 Å². The van der Waals surface area contributed by atoms with E-state index >= 15 is 0 Å². The molecule has 2 aliphatic rings. The number of fused-ring (bicyclic) bond motifs is 1. The first-order valence-electron chi connectivity index (χ1n) is 9.41. The van der Waals surface area contributed by atoms with E-state index in [1.165, 1.54) is 11.4 Å². The van der Waals surface area contributed by atoms with Gasteiger partial charge >= 0.3 is 0 Å². The summed E-state index contributed by atoms with van der Waals surface area (Å²) in [5.41, 5.74) is 0.649. The maximum Gasteiger partial charge on any atom is 0.243 e. The second kappa shape index (κ2) is 7.31. The molecule has 2 aromatic carbocycles. The molecule has 0 unspecified atom stereocenters. The van der Waals surface area contributed by atoms with E-state index in [-0.39, 0.29) is 17.1 Å². The minimum Gasteiger partial charge on any atom is -0.497 e. The molecule has 6 nitrogen and oxygen atoms in total. The van der Waals surface area contributed by atoms with E-state index in [0.717, 1.165) is 5.56 Å². The topological polar surface area (TPSA) is 72.9 Å². The van der Waals surface area contributed by atoms with Crippen LogP contribution in [0.3, 0.4) is 0 Å². The number of ether oxygens (including phenoxy) is 2. The molecule has 0 amide bonds. The third-order valence-electron chi connectivity index (χ3n) is 5.67. The lowest BCUT2D eigenvalue weighted by Gasteiger charge is -2.43. The van der Waals surface area contributed by atoms with Crippen LogP contribution in [0.5, 0.6) is 11.5 Å². The number of methoxy groups -OCH3 is 1. The molecule has 29 heavy (non-hydrogen) atoms. The van der Waals surface area contributed by atoms with Gasteiger partial charge in [0.15, 0.2) is 5.78 Å². The number of benzene rings is 2. The second-order valence-electron chi connectivity index (χ2n) is 7.56. The largest absolute Gasteiger partial charge is 0.497 e. The summed E-state index contributed by atoms with van der Waals surface area (Å²) in [5.74, 6) is 1.16. The van der Waals surface area contributed by atoms with Gasteiger partial charge in [0.1, 0.15) is 17.1 Å². The highest BCUT2D eigenvalue weighted by atomic mass is 35.5. The van der Waals surface area contributed by atoms with Gasteiger partial charge in [0.2, 0.25) is 10.0 Å². The smallest absolute Gasteiger partial charge is 0.243 e. The van der Waals surface area contributed by atoms with Crippen LogP contribution in [0.4, 0.5) is 0 Å². The molecular formula is C21H22ClNO5S. The first-order chi connectivity index (χ1) is 13.7. The lowest BCUT2D eigenvalue weighted by atomic mass is 9.82. The van der Waals surface area contributed by atoms with Crippen LogP contribution in [0.2, 0.25) is 5.02 Å². The molecule has 1 fully saturated rings. The van der Waals surface area contributed by atoms with Crippen molar-refractivity contribution in [3.8, 4) is 11.5 Å². The van der Waals surface area contributed by atoms with Crippen LogP contribution in [0.25, 0.3) is 0 Å². The SMILES string of the molecule is COc1ccc(S(=O)(=O)N2CCC3(CC2)CC(=O)c2cc(Cl)cc(C)c2O3)cc1. The van der Waals surface area contributed by atoms with E-state index in [1.807, 2.05) is 6.92 Å². The summed E-state index contributed by atoms with van der Waals surface area (Å²) in [6.07, 6.45) is 1.14. The van der Waals surface area contributed by atoms with Crippen molar-refractivity contribution in [2.45, 2.75) is 36.7 Å². The fourth-order valence-corrected chi connectivity index (χ4v) is 5.74. The first-order valence-corrected chi connectivity index (χ1v) is 11.2. The molecular weight excluding hydrogens is 414 g/mol. The number of hydrogen-bond acceptors (Lipinski definition) is 5. The lowest BCUT2D eigenvalue weighted by Crippen LogP contribution is -2.52. The van der Waals surface area contributed by atoms with Crippen molar-refractivity contribution < 1.29 is 22.7 Å². The Kier molecular flexibility index (Phi) is 5.09. The maximum absolute atomic E-state index is 13.0. The van der Waals surface area contributed by atoms with Gasteiger partial charge in [-0.05, 0) is 48.9 Å². The Labute approximate surface area is 175 Å². The van der Waals surface area contributed by atoms with Crippen molar-refractivity contribution in [2.24, 2.45) is 0 Å². The van der Waals surface area contributed by atoms with Gasteiger partial charge in [0.25, 0.3) is 0 Å². The summed E-state index contributed by atoms with van der Waals surface area (Å²) in [5, 5.41) is 0.509. The monoisotopic (exact) mass is 435 g/mol. The molecule has 0 N–H and O–H groups in total.